The van der Waals surface area contributed by atoms with E-state index in [2.05, 4.69) is 38.1 Å². The number of ether oxygens (including phenoxy) is 1. The van der Waals surface area contributed by atoms with Gasteiger partial charge in [-0.2, -0.15) is 0 Å². The molecule has 0 atom stereocenters. The Bertz CT molecular complexity index is 677. The van der Waals surface area contributed by atoms with Gasteiger partial charge in [0.1, 0.15) is 0 Å². The lowest BCUT2D eigenvalue weighted by Gasteiger charge is -2.09. The highest BCUT2D eigenvalue weighted by atomic mass is 19.1. The molecule has 0 N–H and O–H groups in total. The van der Waals surface area contributed by atoms with E-state index in [-0.39, 0.29) is 5.82 Å². The molecule has 0 saturated heterocycles. The molecule has 0 heterocycles. The van der Waals surface area contributed by atoms with Crippen molar-refractivity contribution in [2.24, 2.45) is 0 Å². The maximum atomic E-state index is 14.3. The van der Waals surface area contributed by atoms with E-state index in [9.17, 15) is 4.39 Å². The second-order valence-electron chi connectivity index (χ2n) is 8.12. The van der Waals surface area contributed by atoms with Crippen molar-refractivity contribution in [2.75, 3.05) is 6.61 Å². The SMILES string of the molecule is CCCCCCCCCCc1ccc(-c2ccc(OCCCCC)c(F)c2)cc1. The molecule has 2 aromatic rings. The van der Waals surface area contributed by atoms with Gasteiger partial charge >= 0.3 is 0 Å². The molecule has 160 valence electrons. The van der Waals surface area contributed by atoms with E-state index in [0.717, 1.165) is 36.8 Å². The standard InChI is InChI=1S/C27H39FO/c1-3-5-7-8-9-10-11-12-14-23-15-17-24(18-16-23)25-19-20-27(26(28)22-25)29-21-13-6-4-2/h15-20,22H,3-14,21H2,1-2H3. The van der Waals surface area contributed by atoms with Crippen molar-refractivity contribution in [3.63, 3.8) is 0 Å². The van der Waals surface area contributed by atoms with Crippen LogP contribution in [0.25, 0.3) is 11.1 Å². The summed E-state index contributed by atoms with van der Waals surface area (Å²) in [6.45, 7) is 4.99. The normalized spacial score (nSPS) is 11.0. The first-order chi connectivity index (χ1) is 14.2. The van der Waals surface area contributed by atoms with Gasteiger partial charge in [0.05, 0.1) is 6.61 Å². The Morgan fingerprint density at radius 1 is 0.655 bits per heavy atom. The second-order valence-corrected chi connectivity index (χ2v) is 8.12. The van der Waals surface area contributed by atoms with Crippen molar-refractivity contribution in [2.45, 2.75) is 90.9 Å². The molecule has 0 amide bonds. The van der Waals surface area contributed by atoms with Crippen molar-refractivity contribution in [1.29, 1.82) is 0 Å². The van der Waals surface area contributed by atoms with Gasteiger partial charge in [0.25, 0.3) is 0 Å². The molecule has 2 aromatic carbocycles. The Balaban J connectivity index is 1.75. The topological polar surface area (TPSA) is 9.23 Å². The van der Waals surface area contributed by atoms with Crippen LogP contribution in [0, 0.1) is 5.82 Å². The van der Waals surface area contributed by atoms with Gasteiger partial charge in [0, 0.05) is 0 Å². The summed E-state index contributed by atoms with van der Waals surface area (Å²) in [6.07, 6.45) is 15.1. The minimum Gasteiger partial charge on any atom is -0.491 e. The summed E-state index contributed by atoms with van der Waals surface area (Å²) >= 11 is 0. The molecule has 0 aliphatic carbocycles. The quantitative estimate of drug-likeness (QED) is 0.272. The molecule has 0 bridgehead atoms. The summed E-state index contributed by atoms with van der Waals surface area (Å²) in [5, 5.41) is 0. The summed E-state index contributed by atoms with van der Waals surface area (Å²) in [5.41, 5.74) is 3.33. The molecule has 2 heteroatoms. The van der Waals surface area contributed by atoms with Crippen molar-refractivity contribution in [1.82, 2.24) is 0 Å². The molecule has 0 aliphatic heterocycles. The predicted molar refractivity (Wildman–Crippen MR) is 123 cm³/mol. The first-order valence-corrected chi connectivity index (χ1v) is 11.8. The maximum Gasteiger partial charge on any atom is 0.165 e. The van der Waals surface area contributed by atoms with Crippen molar-refractivity contribution >= 4 is 0 Å². The van der Waals surface area contributed by atoms with Crippen LogP contribution in [-0.4, -0.2) is 6.61 Å². The fourth-order valence-corrected chi connectivity index (χ4v) is 3.66. The summed E-state index contributed by atoms with van der Waals surface area (Å²) in [5.74, 6) is 0.0816. The summed E-state index contributed by atoms with van der Waals surface area (Å²) in [6, 6.07) is 13.9. The number of benzene rings is 2. The zero-order chi connectivity index (χ0) is 20.7. The van der Waals surface area contributed by atoms with E-state index < -0.39 is 0 Å². The number of aryl methyl sites for hydroxylation is 1. The van der Waals surface area contributed by atoms with E-state index in [4.69, 9.17) is 4.74 Å². The number of rotatable bonds is 15. The number of halogens is 1. The highest BCUT2D eigenvalue weighted by molar-refractivity contribution is 5.64. The van der Waals surface area contributed by atoms with Gasteiger partial charge in [0.15, 0.2) is 11.6 Å². The molecule has 0 spiro atoms. The average Bonchev–Trinajstić information content (AvgIpc) is 2.74. The van der Waals surface area contributed by atoms with Crippen LogP contribution in [0.2, 0.25) is 0 Å². The van der Waals surface area contributed by atoms with Crippen LogP contribution in [-0.2, 0) is 6.42 Å². The molecule has 29 heavy (non-hydrogen) atoms. The highest BCUT2D eigenvalue weighted by Gasteiger charge is 2.06. The third kappa shape index (κ3) is 9.02. The van der Waals surface area contributed by atoms with Crippen LogP contribution >= 0.6 is 0 Å². The molecule has 0 aromatic heterocycles. The Kier molecular flexibility index (Phi) is 11.5. The third-order valence-corrected chi connectivity index (χ3v) is 5.54. The molecular weight excluding hydrogens is 359 g/mol. The van der Waals surface area contributed by atoms with Crippen molar-refractivity contribution in [3.05, 3.63) is 53.8 Å². The van der Waals surface area contributed by atoms with E-state index in [0.29, 0.717) is 12.4 Å². The first-order valence-electron chi connectivity index (χ1n) is 11.8. The molecule has 1 nitrogen and oxygen atoms in total. The highest BCUT2D eigenvalue weighted by Crippen LogP contribution is 2.26. The molecular formula is C27H39FO. The summed E-state index contributed by atoms with van der Waals surface area (Å²) in [4.78, 5) is 0. The van der Waals surface area contributed by atoms with Gasteiger partial charge < -0.3 is 4.74 Å². The number of hydrogen-bond acceptors (Lipinski definition) is 1. The second kappa shape index (κ2) is 14.2. The fourth-order valence-electron chi connectivity index (χ4n) is 3.66. The summed E-state index contributed by atoms with van der Waals surface area (Å²) in [7, 11) is 0. The zero-order valence-corrected chi connectivity index (χ0v) is 18.5. The van der Waals surface area contributed by atoms with E-state index in [1.165, 1.54) is 56.9 Å². The Labute approximate surface area is 177 Å². The van der Waals surface area contributed by atoms with Gasteiger partial charge in [0.2, 0.25) is 0 Å². The van der Waals surface area contributed by atoms with Gasteiger partial charge in [-0.25, -0.2) is 4.39 Å². The Morgan fingerprint density at radius 3 is 1.90 bits per heavy atom. The monoisotopic (exact) mass is 398 g/mol. The Hall–Kier alpha value is -1.83. The van der Waals surface area contributed by atoms with Crippen LogP contribution in [0.1, 0.15) is 90.0 Å². The van der Waals surface area contributed by atoms with Gasteiger partial charge in [-0.3, -0.25) is 0 Å². The minimum absolute atomic E-state index is 0.276. The molecule has 2 rings (SSSR count). The lowest BCUT2D eigenvalue weighted by atomic mass is 10.0. The van der Waals surface area contributed by atoms with Crippen molar-refractivity contribution < 1.29 is 9.13 Å². The van der Waals surface area contributed by atoms with Crippen molar-refractivity contribution in [3.8, 4) is 16.9 Å². The van der Waals surface area contributed by atoms with E-state index in [1.807, 2.05) is 6.07 Å². The van der Waals surface area contributed by atoms with Gasteiger partial charge in [-0.05, 0) is 48.1 Å². The minimum atomic E-state index is -0.276. The zero-order valence-electron chi connectivity index (χ0n) is 18.5. The number of hydrogen-bond donors (Lipinski definition) is 0. The molecule has 0 saturated carbocycles. The van der Waals surface area contributed by atoms with Crippen LogP contribution in [0.4, 0.5) is 4.39 Å². The van der Waals surface area contributed by atoms with Crippen LogP contribution in [0.5, 0.6) is 5.75 Å². The molecule has 0 radical (unpaired) electrons. The molecule has 0 aliphatic rings. The third-order valence-electron chi connectivity index (χ3n) is 5.54. The first kappa shape index (κ1) is 23.4. The van der Waals surface area contributed by atoms with Crippen LogP contribution in [0.15, 0.2) is 42.5 Å². The van der Waals surface area contributed by atoms with E-state index in [1.54, 1.807) is 12.1 Å². The lowest BCUT2D eigenvalue weighted by Crippen LogP contribution is -1.99. The van der Waals surface area contributed by atoms with Gasteiger partial charge in [-0.1, -0.05) is 102 Å². The lowest BCUT2D eigenvalue weighted by molar-refractivity contribution is 0.291. The predicted octanol–water partition coefficient (Wildman–Crippen LogP) is 8.74. The number of unbranched alkanes of at least 4 members (excludes halogenated alkanes) is 9. The molecule has 0 fully saturated rings. The van der Waals surface area contributed by atoms with Crippen LogP contribution < -0.4 is 4.74 Å². The maximum absolute atomic E-state index is 14.3. The largest absolute Gasteiger partial charge is 0.491 e. The van der Waals surface area contributed by atoms with E-state index >= 15 is 0 Å². The smallest absolute Gasteiger partial charge is 0.165 e. The van der Waals surface area contributed by atoms with Crippen LogP contribution in [0.3, 0.4) is 0 Å². The summed E-state index contributed by atoms with van der Waals surface area (Å²) < 4.78 is 19.9. The molecule has 0 unspecified atom stereocenters. The Morgan fingerprint density at radius 2 is 1.24 bits per heavy atom. The van der Waals surface area contributed by atoms with Gasteiger partial charge in [-0.15, -0.1) is 0 Å². The fraction of sp³-hybridized carbons (Fsp3) is 0.556. The average molecular weight is 399 g/mol.